The number of fused-ring (bicyclic) bond motifs is 1. The molecule has 1 atom stereocenters. The fourth-order valence-electron chi connectivity index (χ4n) is 5.38. The van der Waals surface area contributed by atoms with Gasteiger partial charge in [-0.2, -0.15) is 0 Å². The minimum Gasteiger partial charge on any atom is -0.502 e. The summed E-state index contributed by atoms with van der Waals surface area (Å²) in [5.74, 6) is -6.27. The number of amides is 2. The molecule has 1 aromatic carbocycles. The maximum Gasteiger partial charge on any atom is 0.278 e. The van der Waals surface area contributed by atoms with Crippen LogP contribution in [-0.2, 0) is 6.54 Å². The lowest BCUT2D eigenvalue weighted by Gasteiger charge is -2.51. The second-order valence-electron chi connectivity index (χ2n) is 8.78. The summed E-state index contributed by atoms with van der Waals surface area (Å²) < 4.78 is 42.3. The molecule has 9 nitrogen and oxygen atoms in total. The summed E-state index contributed by atoms with van der Waals surface area (Å²) in [6, 6.07) is 0.906. The molecule has 5 rings (SSSR count). The number of carbonyl (C=O) groups is 2. The third kappa shape index (κ3) is 2.87. The number of aliphatic hydroxyl groups excluding tert-OH is 1. The number of halogens is 3. The van der Waals surface area contributed by atoms with Crippen LogP contribution in [0.3, 0.4) is 0 Å². The largest absolute Gasteiger partial charge is 0.502 e. The van der Waals surface area contributed by atoms with E-state index in [1.54, 1.807) is 12.1 Å². The number of hydrogen-bond donors (Lipinski definition) is 3. The average molecular weight is 478 g/mol. The second kappa shape index (κ2) is 7.49. The number of aromatic nitrogens is 1. The summed E-state index contributed by atoms with van der Waals surface area (Å²) in [7, 11) is 1.57. The highest BCUT2D eigenvalue weighted by molar-refractivity contribution is 6.01. The molecule has 1 aliphatic carbocycles. The molecule has 2 aromatic rings. The van der Waals surface area contributed by atoms with E-state index in [1.807, 2.05) is 0 Å². The summed E-state index contributed by atoms with van der Waals surface area (Å²) >= 11 is 0. The lowest BCUT2D eigenvalue weighted by atomic mass is 10.0. The highest BCUT2D eigenvalue weighted by Crippen LogP contribution is 2.45. The van der Waals surface area contributed by atoms with Crippen LogP contribution >= 0.6 is 0 Å². The van der Waals surface area contributed by atoms with Crippen molar-refractivity contribution in [3.05, 3.63) is 62.3 Å². The van der Waals surface area contributed by atoms with Crippen LogP contribution in [0.5, 0.6) is 5.75 Å². The Balaban J connectivity index is 1.60. The first-order valence-electron chi connectivity index (χ1n) is 10.8. The first kappa shape index (κ1) is 22.3. The van der Waals surface area contributed by atoms with Crippen molar-refractivity contribution in [1.29, 1.82) is 0 Å². The fourth-order valence-corrected chi connectivity index (χ4v) is 5.38. The van der Waals surface area contributed by atoms with Crippen molar-refractivity contribution in [2.24, 2.45) is 0 Å². The van der Waals surface area contributed by atoms with Gasteiger partial charge in [0.05, 0.1) is 12.2 Å². The van der Waals surface area contributed by atoms with Crippen LogP contribution in [0.15, 0.2) is 16.9 Å². The quantitative estimate of drug-likeness (QED) is 0.612. The normalized spacial score (nSPS) is 20.3. The van der Waals surface area contributed by atoms with Crippen LogP contribution in [0, 0.1) is 17.5 Å². The van der Waals surface area contributed by atoms with Crippen molar-refractivity contribution in [2.75, 3.05) is 18.6 Å². The van der Waals surface area contributed by atoms with Gasteiger partial charge < -0.3 is 20.4 Å². The van der Waals surface area contributed by atoms with Gasteiger partial charge in [-0.3, -0.25) is 19.4 Å². The maximum absolute atomic E-state index is 14.0. The van der Waals surface area contributed by atoms with E-state index in [9.17, 15) is 37.8 Å². The van der Waals surface area contributed by atoms with Gasteiger partial charge in [-0.1, -0.05) is 0 Å². The molecule has 1 aromatic heterocycles. The summed E-state index contributed by atoms with van der Waals surface area (Å²) in [4.78, 5) is 40.6. The zero-order chi connectivity index (χ0) is 24.5. The van der Waals surface area contributed by atoms with Crippen LogP contribution in [0.2, 0.25) is 0 Å². The molecule has 34 heavy (non-hydrogen) atoms. The zero-order valence-corrected chi connectivity index (χ0v) is 18.1. The van der Waals surface area contributed by atoms with Gasteiger partial charge in [0.15, 0.2) is 11.4 Å². The number of carbonyl (C=O) groups excluding carboxylic acids is 2. The number of rotatable bonds is 3. The molecular formula is C22H21F3N4O5. The van der Waals surface area contributed by atoms with Crippen molar-refractivity contribution in [1.82, 2.24) is 14.9 Å². The molecule has 180 valence electrons. The van der Waals surface area contributed by atoms with Gasteiger partial charge in [-0.05, 0) is 25.7 Å². The Morgan fingerprint density at radius 3 is 2.41 bits per heavy atom. The van der Waals surface area contributed by atoms with Crippen LogP contribution in [0.25, 0.3) is 0 Å². The van der Waals surface area contributed by atoms with E-state index in [1.165, 1.54) is 9.58 Å². The molecule has 3 N–H and O–H groups in total. The van der Waals surface area contributed by atoms with Crippen molar-refractivity contribution in [2.45, 2.75) is 44.0 Å². The molecular weight excluding hydrogens is 457 g/mol. The topological polar surface area (TPSA) is 115 Å². The van der Waals surface area contributed by atoms with Gasteiger partial charge in [0.2, 0.25) is 5.43 Å². The Morgan fingerprint density at radius 2 is 1.79 bits per heavy atom. The van der Waals surface area contributed by atoms with Gasteiger partial charge >= 0.3 is 0 Å². The third-order valence-electron chi connectivity index (χ3n) is 7.04. The van der Waals surface area contributed by atoms with Crippen molar-refractivity contribution >= 4 is 11.8 Å². The SMILES string of the molecule is CN1C(=O)c2c(O)c(=O)c(C(=O)NCc3c(F)cc(F)cc3F)c3n2N(CC3O)C12CCCC2. The predicted molar refractivity (Wildman–Crippen MR) is 111 cm³/mol. The smallest absolute Gasteiger partial charge is 0.278 e. The predicted octanol–water partition coefficient (Wildman–Crippen LogP) is 1.24. The Kier molecular flexibility index (Phi) is 4.90. The highest BCUT2D eigenvalue weighted by atomic mass is 19.1. The van der Waals surface area contributed by atoms with Crippen molar-refractivity contribution < 1.29 is 33.0 Å². The lowest BCUT2D eigenvalue weighted by Crippen LogP contribution is -2.67. The number of aromatic hydroxyl groups is 1. The van der Waals surface area contributed by atoms with E-state index in [0.717, 1.165) is 12.8 Å². The fraction of sp³-hybridized carbons (Fsp3) is 0.409. The molecule has 1 saturated carbocycles. The van der Waals surface area contributed by atoms with Gasteiger partial charge in [0.1, 0.15) is 34.8 Å². The molecule has 1 unspecified atom stereocenters. The molecule has 1 fully saturated rings. The minimum atomic E-state index is -1.34. The number of pyridine rings is 1. The number of nitrogens with zero attached hydrogens (tertiary/aromatic N) is 3. The summed E-state index contributed by atoms with van der Waals surface area (Å²) in [5.41, 5.74) is -3.77. The molecule has 1 spiro atoms. The number of benzene rings is 1. The van der Waals surface area contributed by atoms with E-state index in [4.69, 9.17) is 0 Å². The summed E-state index contributed by atoms with van der Waals surface area (Å²) in [6.45, 7) is -0.751. The third-order valence-corrected chi connectivity index (χ3v) is 7.04. The first-order chi connectivity index (χ1) is 16.1. The highest BCUT2D eigenvalue weighted by Gasteiger charge is 2.55. The van der Waals surface area contributed by atoms with Gasteiger partial charge in [0.25, 0.3) is 11.8 Å². The number of nitrogens with one attached hydrogen (secondary N) is 1. The average Bonchev–Trinajstić information content (AvgIpc) is 3.38. The molecule has 2 aliphatic heterocycles. The lowest BCUT2D eigenvalue weighted by molar-refractivity contribution is 0.0386. The van der Waals surface area contributed by atoms with Crippen molar-refractivity contribution in [3.8, 4) is 5.75 Å². The molecule has 0 bridgehead atoms. The molecule has 0 radical (unpaired) electrons. The Labute approximate surface area is 191 Å². The molecule has 12 heteroatoms. The Morgan fingerprint density at radius 1 is 1.18 bits per heavy atom. The van der Waals surface area contributed by atoms with Gasteiger partial charge in [0, 0.05) is 31.3 Å². The first-order valence-corrected chi connectivity index (χ1v) is 10.8. The molecule has 3 heterocycles. The molecule has 0 saturated heterocycles. The van der Waals surface area contributed by atoms with Crippen LogP contribution in [-0.4, -0.2) is 50.9 Å². The second-order valence-corrected chi connectivity index (χ2v) is 8.78. The van der Waals surface area contributed by atoms with E-state index in [0.29, 0.717) is 25.0 Å². The van der Waals surface area contributed by atoms with E-state index in [-0.39, 0.29) is 17.9 Å². The summed E-state index contributed by atoms with van der Waals surface area (Å²) in [6.07, 6.45) is 1.49. The molecule has 3 aliphatic rings. The molecule has 2 amide bonds. The van der Waals surface area contributed by atoms with Gasteiger partial charge in [-0.15, -0.1) is 0 Å². The van der Waals surface area contributed by atoms with E-state index in [2.05, 4.69) is 5.32 Å². The van der Waals surface area contributed by atoms with Crippen molar-refractivity contribution in [3.63, 3.8) is 0 Å². The van der Waals surface area contributed by atoms with Gasteiger partial charge in [-0.25, -0.2) is 17.8 Å². The van der Waals surface area contributed by atoms with Crippen LogP contribution in [0.1, 0.15) is 63.9 Å². The zero-order valence-electron chi connectivity index (χ0n) is 18.1. The van der Waals surface area contributed by atoms with E-state index < -0.39 is 69.9 Å². The Hall–Kier alpha value is -3.54. The Bertz CT molecular complexity index is 1280. The standard InChI is InChI=1S/C22H21F3N4O5/c1-27-21(34)17-19(32)18(31)15(20(33)26-8-11-12(24)6-10(23)7-13(11)25)16-14(30)9-28(29(16)17)22(27)4-2-3-5-22/h6-7,14,30,32H,2-5,8-9H2,1H3,(H,26,33). The monoisotopic (exact) mass is 478 g/mol. The van der Waals surface area contributed by atoms with Crippen LogP contribution in [0.4, 0.5) is 13.2 Å². The number of hydrogen-bond acceptors (Lipinski definition) is 6. The van der Waals surface area contributed by atoms with Crippen LogP contribution < -0.4 is 15.8 Å². The van der Waals surface area contributed by atoms with E-state index >= 15 is 0 Å². The minimum absolute atomic E-state index is 0.0327. The number of aliphatic hydroxyl groups is 1. The summed E-state index contributed by atoms with van der Waals surface area (Å²) in [5, 5.41) is 25.3. The maximum atomic E-state index is 14.0.